The summed E-state index contributed by atoms with van der Waals surface area (Å²) in [6.45, 7) is 1.63. The van der Waals surface area contributed by atoms with Crippen LogP contribution in [-0.4, -0.2) is 55.3 Å². The number of piperidine rings is 1. The molecule has 1 fully saturated rings. The molecule has 0 bridgehead atoms. The largest absolute Gasteiger partial charge is 0.491 e. The molecule has 1 unspecified atom stereocenters. The summed E-state index contributed by atoms with van der Waals surface area (Å²) in [4.78, 5) is 13.8. The van der Waals surface area contributed by atoms with Crippen molar-refractivity contribution < 1.29 is 27.8 Å². The maximum atomic E-state index is 12.5. The highest BCUT2D eigenvalue weighted by atomic mass is 35.5. The second-order valence-corrected chi connectivity index (χ2v) is 6.23. The van der Waals surface area contributed by atoms with Crippen molar-refractivity contribution in [2.75, 3.05) is 33.3 Å². The Morgan fingerprint density at radius 2 is 1.88 bits per heavy atom. The molecule has 26 heavy (non-hydrogen) atoms. The van der Waals surface area contributed by atoms with E-state index in [1.54, 1.807) is 7.05 Å². The van der Waals surface area contributed by atoms with E-state index in [0.717, 1.165) is 38.1 Å². The predicted molar refractivity (Wildman–Crippen MR) is 93.4 cm³/mol. The molecule has 1 saturated heterocycles. The third-order valence-electron chi connectivity index (χ3n) is 4.17. The topological polar surface area (TPSA) is 61.8 Å². The van der Waals surface area contributed by atoms with Crippen LogP contribution in [0.4, 0.5) is 13.2 Å². The molecule has 5 nitrogen and oxygen atoms in total. The molecule has 1 aliphatic heterocycles. The van der Waals surface area contributed by atoms with Crippen molar-refractivity contribution >= 4 is 18.3 Å². The molecule has 0 aromatic heterocycles. The first-order valence-corrected chi connectivity index (χ1v) is 8.21. The number of aliphatic hydroxyl groups is 1. The molecule has 2 N–H and O–H groups in total. The smallest absolute Gasteiger partial charge is 0.416 e. The van der Waals surface area contributed by atoms with E-state index in [1.165, 1.54) is 17.0 Å². The number of ether oxygens (including phenoxy) is 1. The minimum Gasteiger partial charge on any atom is -0.491 e. The molecule has 1 heterocycles. The summed E-state index contributed by atoms with van der Waals surface area (Å²) < 4.78 is 42.7. The fourth-order valence-electron chi connectivity index (χ4n) is 2.77. The van der Waals surface area contributed by atoms with Crippen LogP contribution in [0.25, 0.3) is 0 Å². The van der Waals surface area contributed by atoms with Crippen LogP contribution in [0.15, 0.2) is 24.3 Å². The van der Waals surface area contributed by atoms with E-state index in [9.17, 15) is 23.1 Å². The Kier molecular flexibility index (Phi) is 8.66. The number of nitrogens with zero attached hydrogens (tertiary/aromatic N) is 1. The van der Waals surface area contributed by atoms with E-state index in [1.807, 2.05) is 0 Å². The van der Waals surface area contributed by atoms with Gasteiger partial charge in [-0.15, -0.1) is 12.4 Å². The maximum Gasteiger partial charge on any atom is 0.416 e. The van der Waals surface area contributed by atoms with Crippen LogP contribution in [0.3, 0.4) is 0 Å². The number of benzene rings is 1. The number of halogens is 4. The number of amides is 1. The maximum absolute atomic E-state index is 12.5. The average Bonchev–Trinajstić information content (AvgIpc) is 2.59. The van der Waals surface area contributed by atoms with Crippen molar-refractivity contribution in [2.45, 2.75) is 25.1 Å². The minimum atomic E-state index is -4.39. The highest BCUT2D eigenvalue weighted by Gasteiger charge is 2.30. The molecule has 1 aliphatic rings. The standard InChI is InChI=1S/C17H23F3N2O3.ClH/c1-22(16(24)12-6-8-21-9-7-12)10-14(23)11-25-15-4-2-13(3-5-15)17(18,19)20;/h2-5,12,14,21,23H,6-11H2,1H3;1H. The van der Waals surface area contributed by atoms with E-state index < -0.39 is 17.8 Å². The van der Waals surface area contributed by atoms with E-state index >= 15 is 0 Å². The predicted octanol–water partition coefficient (Wildman–Crippen LogP) is 2.32. The van der Waals surface area contributed by atoms with E-state index in [4.69, 9.17) is 4.74 Å². The lowest BCUT2D eigenvalue weighted by Crippen LogP contribution is -2.43. The van der Waals surface area contributed by atoms with Gasteiger partial charge in [0, 0.05) is 19.5 Å². The van der Waals surface area contributed by atoms with Crippen LogP contribution in [0.2, 0.25) is 0 Å². The van der Waals surface area contributed by atoms with Crippen LogP contribution in [0.1, 0.15) is 18.4 Å². The summed E-state index contributed by atoms with van der Waals surface area (Å²) in [6.07, 6.45) is -3.75. The zero-order chi connectivity index (χ0) is 18.4. The molecular formula is C17H24ClF3N2O3. The Balaban J connectivity index is 0.00000338. The van der Waals surface area contributed by atoms with Gasteiger partial charge in [0.05, 0.1) is 5.56 Å². The molecule has 0 spiro atoms. The van der Waals surface area contributed by atoms with Gasteiger partial charge < -0.3 is 20.1 Å². The lowest BCUT2D eigenvalue weighted by atomic mass is 9.96. The monoisotopic (exact) mass is 396 g/mol. The van der Waals surface area contributed by atoms with Gasteiger partial charge in [0.2, 0.25) is 5.91 Å². The van der Waals surface area contributed by atoms with E-state index in [-0.39, 0.29) is 43.1 Å². The fourth-order valence-corrected chi connectivity index (χ4v) is 2.77. The number of aliphatic hydroxyl groups excluding tert-OH is 1. The fraction of sp³-hybridized carbons (Fsp3) is 0.588. The van der Waals surface area contributed by atoms with Gasteiger partial charge in [0.15, 0.2) is 0 Å². The SMILES string of the molecule is CN(CC(O)COc1ccc(C(F)(F)F)cc1)C(=O)C1CCNCC1.Cl. The third kappa shape index (κ3) is 6.66. The molecule has 0 aliphatic carbocycles. The normalized spacial score (nSPS) is 16.5. The van der Waals surface area contributed by atoms with Crippen molar-refractivity contribution in [3.05, 3.63) is 29.8 Å². The van der Waals surface area contributed by atoms with Crippen molar-refractivity contribution in [1.29, 1.82) is 0 Å². The first-order valence-electron chi connectivity index (χ1n) is 8.21. The molecule has 0 radical (unpaired) electrons. The Hall–Kier alpha value is -1.51. The van der Waals surface area contributed by atoms with Crippen molar-refractivity contribution in [1.82, 2.24) is 10.2 Å². The summed E-state index contributed by atoms with van der Waals surface area (Å²) in [5, 5.41) is 13.2. The Labute approximate surface area is 156 Å². The molecule has 1 amide bonds. The van der Waals surface area contributed by atoms with Gasteiger partial charge in [-0.05, 0) is 50.2 Å². The minimum absolute atomic E-state index is 0. The number of hydrogen-bond acceptors (Lipinski definition) is 4. The first-order chi connectivity index (χ1) is 11.8. The second-order valence-electron chi connectivity index (χ2n) is 6.23. The number of likely N-dealkylation sites (N-methyl/N-ethyl adjacent to an activating group) is 1. The van der Waals surface area contributed by atoms with Crippen LogP contribution in [-0.2, 0) is 11.0 Å². The van der Waals surface area contributed by atoms with Gasteiger partial charge in [0.25, 0.3) is 0 Å². The summed E-state index contributed by atoms with van der Waals surface area (Å²) in [5.74, 6) is 0.198. The van der Waals surface area contributed by atoms with Crippen LogP contribution in [0.5, 0.6) is 5.75 Å². The second kappa shape index (κ2) is 9.99. The van der Waals surface area contributed by atoms with Crippen LogP contribution in [0, 0.1) is 5.92 Å². The quantitative estimate of drug-likeness (QED) is 0.774. The molecular weight excluding hydrogens is 373 g/mol. The Morgan fingerprint density at radius 1 is 1.31 bits per heavy atom. The van der Waals surface area contributed by atoms with Crippen molar-refractivity contribution in [2.24, 2.45) is 5.92 Å². The van der Waals surface area contributed by atoms with Crippen molar-refractivity contribution in [3.8, 4) is 5.75 Å². The van der Waals surface area contributed by atoms with Crippen molar-refractivity contribution in [3.63, 3.8) is 0 Å². The zero-order valence-electron chi connectivity index (χ0n) is 14.5. The van der Waals surface area contributed by atoms with Gasteiger partial charge in [-0.3, -0.25) is 4.79 Å². The molecule has 2 rings (SSSR count). The molecule has 9 heteroatoms. The van der Waals surface area contributed by atoms with Crippen LogP contribution >= 0.6 is 12.4 Å². The molecule has 1 aromatic carbocycles. The van der Waals surface area contributed by atoms with E-state index in [0.29, 0.717) is 0 Å². The molecule has 148 valence electrons. The third-order valence-corrected chi connectivity index (χ3v) is 4.17. The summed E-state index contributed by atoms with van der Waals surface area (Å²) in [5.41, 5.74) is -0.757. The number of hydrogen-bond donors (Lipinski definition) is 2. The molecule has 0 saturated carbocycles. The summed E-state index contributed by atoms with van der Waals surface area (Å²) >= 11 is 0. The molecule has 1 atom stereocenters. The van der Waals surface area contributed by atoms with Gasteiger partial charge in [-0.2, -0.15) is 13.2 Å². The first kappa shape index (κ1) is 22.5. The summed E-state index contributed by atoms with van der Waals surface area (Å²) in [6, 6.07) is 4.27. The van der Waals surface area contributed by atoms with Gasteiger partial charge >= 0.3 is 6.18 Å². The zero-order valence-corrected chi connectivity index (χ0v) is 15.3. The number of carbonyl (C=O) groups excluding carboxylic acids is 1. The number of rotatable bonds is 6. The lowest BCUT2D eigenvalue weighted by molar-refractivity contribution is -0.137. The Bertz CT molecular complexity index is 563. The van der Waals surface area contributed by atoms with Gasteiger partial charge in [0.1, 0.15) is 18.5 Å². The number of nitrogens with one attached hydrogen (secondary N) is 1. The highest BCUT2D eigenvalue weighted by Crippen LogP contribution is 2.30. The lowest BCUT2D eigenvalue weighted by Gasteiger charge is -2.28. The highest BCUT2D eigenvalue weighted by molar-refractivity contribution is 5.85. The molecule has 1 aromatic rings. The van der Waals surface area contributed by atoms with E-state index in [2.05, 4.69) is 5.32 Å². The van der Waals surface area contributed by atoms with Crippen LogP contribution < -0.4 is 10.1 Å². The Morgan fingerprint density at radius 3 is 2.42 bits per heavy atom. The number of carbonyl (C=O) groups is 1. The average molecular weight is 397 g/mol. The summed E-state index contributed by atoms with van der Waals surface area (Å²) in [7, 11) is 1.63. The number of alkyl halides is 3. The van der Waals surface area contributed by atoms with Gasteiger partial charge in [-0.25, -0.2) is 0 Å². The van der Waals surface area contributed by atoms with Gasteiger partial charge in [-0.1, -0.05) is 0 Å².